The molecule has 1 rings (SSSR count). The van der Waals surface area contributed by atoms with Gasteiger partial charge in [-0.3, -0.25) is 4.79 Å². The fraction of sp³-hybridized carbons (Fsp3) is 0.667. The molecule has 0 aliphatic heterocycles. The number of hydrogen-bond donors (Lipinski definition) is 1. The Labute approximate surface area is 67.4 Å². The lowest BCUT2D eigenvalue weighted by atomic mass is 10.3. The molecule has 2 heteroatoms. The van der Waals surface area contributed by atoms with Gasteiger partial charge in [-0.1, -0.05) is 12.8 Å². The minimum Gasteiger partial charge on any atom is -0.343 e. The summed E-state index contributed by atoms with van der Waals surface area (Å²) in [6.45, 7) is 3.88. The van der Waals surface area contributed by atoms with E-state index in [1.165, 1.54) is 0 Å². The molecular formula is C9H13NO. The fourth-order valence-corrected chi connectivity index (χ4v) is 1.05. The highest BCUT2D eigenvalue weighted by molar-refractivity contribution is 5.81. The van der Waals surface area contributed by atoms with Gasteiger partial charge in [0.1, 0.15) is 0 Å². The molecule has 0 aromatic heterocycles. The minimum atomic E-state index is -0.129. The van der Waals surface area contributed by atoms with E-state index in [1.807, 2.05) is 6.92 Å². The number of carbonyl (C=O) groups is 1. The summed E-state index contributed by atoms with van der Waals surface area (Å²) < 4.78 is 0. The Morgan fingerprint density at radius 3 is 2.73 bits per heavy atom. The highest BCUT2D eigenvalue weighted by Gasteiger charge is 2.39. The Morgan fingerprint density at radius 1 is 1.82 bits per heavy atom. The fourth-order valence-electron chi connectivity index (χ4n) is 1.05. The van der Waals surface area contributed by atoms with Crippen LogP contribution in [0.2, 0.25) is 0 Å². The van der Waals surface area contributed by atoms with Gasteiger partial charge in [0.15, 0.2) is 0 Å². The van der Waals surface area contributed by atoms with Gasteiger partial charge in [0.05, 0.1) is 6.04 Å². The van der Waals surface area contributed by atoms with Crippen LogP contribution in [0.15, 0.2) is 0 Å². The summed E-state index contributed by atoms with van der Waals surface area (Å²) in [6.07, 6.45) is 6.13. The molecule has 0 spiro atoms. The highest BCUT2D eigenvalue weighted by Crippen LogP contribution is 2.37. The van der Waals surface area contributed by atoms with E-state index in [4.69, 9.17) is 6.42 Å². The molecule has 0 saturated heterocycles. The molecule has 1 amide bonds. The zero-order valence-electron chi connectivity index (χ0n) is 6.92. The van der Waals surface area contributed by atoms with Crippen molar-refractivity contribution in [3.63, 3.8) is 0 Å². The first kappa shape index (κ1) is 8.13. The summed E-state index contributed by atoms with van der Waals surface area (Å²) >= 11 is 0. The average Bonchev–Trinajstić information content (AvgIpc) is 2.66. The third-order valence-electron chi connectivity index (χ3n) is 2.06. The number of hydrogen-bond acceptors (Lipinski definition) is 1. The lowest BCUT2D eigenvalue weighted by Gasteiger charge is -2.05. The van der Waals surface area contributed by atoms with Crippen molar-refractivity contribution in [1.29, 1.82) is 0 Å². The molecule has 1 aliphatic rings. The quantitative estimate of drug-likeness (QED) is 0.580. The maximum Gasteiger partial charge on any atom is 0.224 e. The van der Waals surface area contributed by atoms with Crippen LogP contribution in [0, 0.1) is 24.2 Å². The van der Waals surface area contributed by atoms with Gasteiger partial charge in [0, 0.05) is 5.92 Å². The van der Waals surface area contributed by atoms with Crippen LogP contribution in [-0.2, 0) is 4.79 Å². The van der Waals surface area contributed by atoms with Crippen LogP contribution in [0.1, 0.15) is 20.3 Å². The number of nitrogens with one attached hydrogen (secondary N) is 1. The van der Waals surface area contributed by atoms with Crippen LogP contribution >= 0.6 is 0 Å². The van der Waals surface area contributed by atoms with E-state index in [9.17, 15) is 4.79 Å². The molecule has 0 radical (unpaired) electrons. The second-order valence-electron chi connectivity index (χ2n) is 3.22. The van der Waals surface area contributed by atoms with Crippen molar-refractivity contribution in [2.75, 3.05) is 0 Å². The molecule has 1 N–H and O–H groups in total. The van der Waals surface area contributed by atoms with E-state index in [2.05, 4.69) is 18.2 Å². The molecule has 0 aromatic rings. The molecule has 1 saturated carbocycles. The van der Waals surface area contributed by atoms with Crippen LogP contribution in [0.5, 0.6) is 0 Å². The van der Waals surface area contributed by atoms with Crippen LogP contribution in [0.4, 0.5) is 0 Å². The Hall–Kier alpha value is -0.970. The second-order valence-corrected chi connectivity index (χ2v) is 3.22. The molecule has 1 aliphatic carbocycles. The lowest BCUT2D eigenvalue weighted by molar-refractivity contribution is -0.122. The van der Waals surface area contributed by atoms with E-state index in [0.717, 1.165) is 6.42 Å². The van der Waals surface area contributed by atoms with Crippen LogP contribution in [0.25, 0.3) is 0 Å². The second kappa shape index (κ2) is 2.96. The standard InChI is InChI=1S/C9H13NO/c1-4-7(3)10-9(11)8-5-6(8)2/h1,6-8H,5H2,2-3H3,(H,10,11). The van der Waals surface area contributed by atoms with Gasteiger partial charge in [-0.2, -0.15) is 0 Å². The van der Waals surface area contributed by atoms with E-state index in [0.29, 0.717) is 5.92 Å². The first-order valence-corrected chi connectivity index (χ1v) is 3.91. The summed E-state index contributed by atoms with van der Waals surface area (Å²) in [5.41, 5.74) is 0. The zero-order chi connectivity index (χ0) is 8.43. The van der Waals surface area contributed by atoms with E-state index >= 15 is 0 Å². The van der Waals surface area contributed by atoms with Crippen molar-refractivity contribution in [2.24, 2.45) is 11.8 Å². The van der Waals surface area contributed by atoms with Gasteiger partial charge in [-0.15, -0.1) is 6.42 Å². The minimum absolute atomic E-state index is 0.114. The average molecular weight is 151 g/mol. The summed E-state index contributed by atoms with van der Waals surface area (Å²) in [4.78, 5) is 11.2. The van der Waals surface area contributed by atoms with Crippen molar-refractivity contribution in [3.8, 4) is 12.3 Å². The van der Waals surface area contributed by atoms with Gasteiger partial charge in [0.25, 0.3) is 0 Å². The topological polar surface area (TPSA) is 29.1 Å². The Balaban J connectivity index is 2.28. The van der Waals surface area contributed by atoms with Gasteiger partial charge in [-0.25, -0.2) is 0 Å². The normalized spacial score (nSPS) is 30.3. The Kier molecular flexibility index (Phi) is 2.19. The molecule has 2 nitrogen and oxygen atoms in total. The first-order valence-electron chi connectivity index (χ1n) is 3.91. The molecular weight excluding hydrogens is 138 g/mol. The van der Waals surface area contributed by atoms with E-state index in [-0.39, 0.29) is 17.9 Å². The van der Waals surface area contributed by atoms with E-state index < -0.39 is 0 Å². The molecule has 3 atom stereocenters. The third-order valence-corrected chi connectivity index (χ3v) is 2.06. The van der Waals surface area contributed by atoms with Crippen molar-refractivity contribution in [2.45, 2.75) is 26.3 Å². The smallest absolute Gasteiger partial charge is 0.224 e. The molecule has 0 bridgehead atoms. The summed E-state index contributed by atoms with van der Waals surface area (Å²) in [5, 5.41) is 2.75. The molecule has 0 heterocycles. The summed E-state index contributed by atoms with van der Waals surface area (Å²) in [6, 6.07) is -0.129. The molecule has 1 fully saturated rings. The first-order chi connectivity index (χ1) is 5.15. The van der Waals surface area contributed by atoms with Gasteiger partial charge >= 0.3 is 0 Å². The third kappa shape index (κ3) is 1.98. The largest absolute Gasteiger partial charge is 0.343 e. The number of amides is 1. The van der Waals surface area contributed by atoms with Crippen LogP contribution in [-0.4, -0.2) is 11.9 Å². The number of terminal acetylenes is 1. The van der Waals surface area contributed by atoms with Crippen molar-refractivity contribution in [3.05, 3.63) is 0 Å². The SMILES string of the molecule is C#CC(C)NC(=O)C1CC1C. The number of carbonyl (C=O) groups excluding carboxylic acids is 1. The van der Waals surface area contributed by atoms with E-state index in [1.54, 1.807) is 0 Å². The molecule has 3 unspecified atom stereocenters. The van der Waals surface area contributed by atoms with Crippen molar-refractivity contribution in [1.82, 2.24) is 5.32 Å². The van der Waals surface area contributed by atoms with Gasteiger partial charge < -0.3 is 5.32 Å². The number of rotatable bonds is 2. The van der Waals surface area contributed by atoms with Gasteiger partial charge in [0.2, 0.25) is 5.91 Å². The molecule has 0 aromatic carbocycles. The van der Waals surface area contributed by atoms with Gasteiger partial charge in [-0.05, 0) is 19.3 Å². The molecule has 11 heavy (non-hydrogen) atoms. The zero-order valence-corrected chi connectivity index (χ0v) is 6.92. The maximum absolute atomic E-state index is 11.2. The maximum atomic E-state index is 11.2. The molecule has 60 valence electrons. The Morgan fingerprint density at radius 2 is 2.36 bits per heavy atom. The summed E-state index contributed by atoms with van der Waals surface area (Å²) in [7, 11) is 0. The summed E-state index contributed by atoms with van der Waals surface area (Å²) in [5.74, 6) is 3.36. The predicted octanol–water partition coefficient (Wildman–Crippen LogP) is 0.780. The predicted molar refractivity (Wildman–Crippen MR) is 43.7 cm³/mol. The monoisotopic (exact) mass is 151 g/mol. The van der Waals surface area contributed by atoms with Crippen LogP contribution in [0.3, 0.4) is 0 Å². The van der Waals surface area contributed by atoms with Crippen LogP contribution < -0.4 is 5.32 Å². The van der Waals surface area contributed by atoms with Crippen molar-refractivity contribution >= 4 is 5.91 Å². The highest BCUT2D eigenvalue weighted by atomic mass is 16.2. The lowest BCUT2D eigenvalue weighted by Crippen LogP contribution is -2.32. The van der Waals surface area contributed by atoms with Crippen molar-refractivity contribution < 1.29 is 4.79 Å². The Bertz CT molecular complexity index is 204.